The Hall–Kier alpha value is -1.12. The molecule has 1 aromatic heterocycles. The van der Waals surface area contributed by atoms with E-state index in [1.54, 1.807) is 12.5 Å². The number of carbonyl (C=O) groups excluding carboxylic acids is 1. The van der Waals surface area contributed by atoms with Crippen LogP contribution in [-0.2, 0) is 0 Å². The van der Waals surface area contributed by atoms with Gasteiger partial charge in [0.05, 0.1) is 12.5 Å². The van der Waals surface area contributed by atoms with E-state index < -0.39 is 0 Å². The van der Waals surface area contributed by atoms with E-state index >= 15 is 0 Å². The number of hydrogen-bond acceptors (Lipinski definition) is 2. The molecule has 82 valence electrons. The average molecular weight is 206 g/mol. The van der Waals surface area contributed by atoms with Crippen LogP contribution >= 0.6 is 0 Å². The molecule has 0 atom stereocenters. The summed E-state index contributed by atoms with van der Waals surface area (Å²) < 4.78 is 2.04. The van der Waals surface area contributed by atoms with Crippen LogP contribution in [0.4, 0.5) is 0 Å². The zero-order valence-corrected chi connectivity index (χ0v) is 9.22. The summed E-state index contributed by atoms with van der Waals surface area (Å²) in [7, 11) is 0. The van der Waals surface area contributed by atoms with Crippen molar-refractivity contribution in [2.75, 3.05) is 0 Å². The first-order valence-corrected chi connectivity index (χ1v) is 5.82. The molecule has 15 heavy (non-hydrogen) atoms. The Balaban J connectivity index is 2.04. The van der Waals surface area contributed by atoms with Crippen LogP contribution in [0, 0.1) is 5.92 Å². The molecular formula is C12H18N2O. The Bertz CT molecular complexity index is 324. The maximum absolute atomic E-state index is 10.8. The topological polar surface area (TPSA) is 34.9 Å². The van der Waals surface area contributed by atoms with Crippen LogP contribution < -0.4 is 0 Å². The fraction of sp³-hybridized carbons (Fsp3) is 0.667. The third kappa shape index (κ3) is 2.11. The maximum Gasteiger partial charge on any atom is 0.168 e. The summed E-state index contributed by atoms with van der Waals surface area (Å²) in [5, 5.41) is 0. The van der Waals surface area contributed by atoms with Crippen molar-refractivity contribution in [1.82, 2.24) is 9.55 Å². The third-order valence-electron chi connectivity index (χ3n) is 3.60. The number of aromatic nitrogens is 2. The zero-order valence-electron chi connectivity index (χ0n) is 9.22. The molecule has 0 spiro atoms. The molecule has 3 nitrogen and oxygen atoms in total. The van der Waals surface area contributed by atoms with Crippen LogP contribution in [-0.4, -0.2) is 15.8 Å². The fourth-order valence-electron chi connectivity index (χ4n) is 2.54. The van der Waals surface area contributed by atoms with Gasteiger partial charge in [-0.15, -0.1) is 0 Å². The van der Waals surface area contributed by atoms with Crippen LogP contribution in [0.25, 0.3) is 0 Å². The molecule has 0 aromatic carbocycles. The molecule has 1 heterocycles. The molecule has 1 aliphatic rings. The Morgan fingerprint density at radius 1 is 1.47 bits per heavy atom. The summed E-state index contributed by atoms with van der Waals surface area (Å²) in [6.07, 6.45) is 10.6. The van der Waals surface area contributed by atoms with Crippen molar-refractivity contribution < 1.29 is 4.79 Å². The highest BCUT2D eigenvalue weighted by Crippen LogP contribution is 2.33. The molecule has 0 unspecified atom stereocenters. The molecule has 1 aromatic rings. The van der Waals surface area contributed by atoms with Crippen LogP contribution in [0.5, 0.6) is 0 Å². The summed E-state index contributed by atoms with van der Waals surface area (Å²) in [5.41, 5.74) is 0.718. The van der Waals surface area contributed by atoms with Crippen molar-refractivity contribution in [3.8, 4) is 0 Å². The van der Waals surface area contributed by atoms with Crippen molar-refractivity contribution in [3.05, 3.63) is 18.2 Å². The molecule has 0 amide bonds. The molecular weight excluding hydrogens is 188 g/mol. The van der Waals surface area contributed by atoms with Crippen LogP contribution in [0.15, 0.2) is 12.5 Å². The van der Waals surface area contributed by atoms with E-state index in [0.717, 1.165) is 17.9 Å². The van der Waals surface area contributed by atoms with Gasteiger partial charge in [0.15, 0.2) is 6.29 Å². The first-order chi connectivity index (χ1) is 7.35. The molecule has 1 aliphatic carbocycles. The third-order valence-corrected chi connectivity index (χ3v) is 3.60. The zero-order chi connectivity index (χ0) is 10.7. The predicted octanol–water partition coefficient (Wildman–Crippen LogP) is 2.84. The first kappa shape index (κ1) is 10.4. The fourth-order valence-corrected chi connectivity index (χ4v) is 2.54. The minimum atomic E-state index is 0.496. The summed E-state index contributed by atoms with van der Waals surface area (Å²) in [5.74, 6) is 0.893. The molecule has 0 saturated heterocycles. The summed E-state index contributed by atoms with van der Waals surface area (Å²) >= 11 is 0. The lowest BCUT2D eigenvalue weighted by Crippen LogP contribution is -2.18. The number of nitrogens with zero attached hydrogens (tertiary/aromatic N) is 2. The monoisotopic (exact) mass is 206 g/mol. The van der Waals surface area contributed by atoms with Gasteiger partial charge in [-0.05, 0) is 31.6 Å². The SMILES string of the molecule is CCC1CCC(n2cncc2C=O)CC1. The van der Waals surface area contributed by atoms with Gasteiger partial charge in [0, 0.05) is 6.04 Å². The van der Waals surface area contributed by atoms with E-state index in [4.69, 9.17) is 0 Å². The Labute approximate surface area is 90.5 Å². The maximum atomic E-state index is 10.8. The molecule has 0 bridgehead atoms. The normalized spacial score (nSPS) is 26.5. The van der Waals surface area contributed by atoms with Gasteiger partial charge >= 0.3 is 0 Å². The molecule has 0 aliphatic heterocycles. The summed E-state index contributed by atoms with van der Waals surface area (Å²) in [6, 6.07) is 0.496. The quantitative estimate of drug-likeness (QED) is 0.713. The Kier molecular flexibility index (Phi) is 3.19. The van der Waals surface area contributed by atoms with Gasteiger partial charge < -0.3 is 4.57 Å². The molecule has 0 N–H and O–H groups in total. The van der Waals surface area contributed by atoms with Crippen molar-refractivity contribution in [1.29, 1.82) is 0 Å². The van der Waals surface area contributed by atoms with Gasteiger partial charge in [0.2, 0.25) is 0 Å². The Morgan fingerprint density at radius 2 is 2.20 bits per heavy atom. The van der Waals surface area contributed by atoms with E-state index in [0.29, 0.717) is 6.04 Å². The second kappa shape index (κ2) is 4.60. The van der Waals surface area contributed by atoms with E-state index in [-0.39, 0.29) is 0 Å². The number of carbonyl (C=O) groups is 1. The van der Waals surface area contributed by atoms with Gasteiger partial charge in [-0.2, -0.15) is 0 Å². The van der Waals surface area contributed by atoms with Gasteiger partial charge in [0.1, 0.15) is 5.69 Å². The lowest BCUT2D eigenvalue weighted by atomic mass is 9.84. The summed E-state index contributed by atoms with van der Waals surface area (Å²) in [4.78, 5) is 14.8. The van der Waals surface area contributed by atoms with Gasteiger partial charge in [-0.1, -0.05) is 13.3 Å². The molecule has 1 saturated carbocycles. The smallest absolute Gasteiger partial charge is 0.168 e. The van der Waals surface area contributed by atoms with Crippen LogP contribution in [0.2, 0.25) is 0 Å². The Morgan fingerprint density at radius 3 is 2.80 bits per heavy atom. The average Bonchev–Trinajstić information content (AvgIpc) is 2.77. The number of imidazole rings is 1. The van der Waals surface area contributed by atoms with E-state index in [1.807, 2.05) is 4.57 Å². The summed E-state index contributed by atoms with van der Waals surface area (Å²) in [6.45, 7) is 2.26. The minimum Gasteiger partial charge on any atom is -0.325 e. The van der Waals surface area contributed by atoms with Crippen molar-refractivity contribution in [2.45, 2.75) is 45.1 Å². The number of aldehydes is 1. The van der Waals surface area contributed by atoms with E-state index in [9.17, 15) is 4.79 Å². The first-order valence-electron chi connectivity index (χ1n) is 5.82. The second-order valence-corrected chi connectivity index (χ2v) is 4.43. The highest BCUT2D eigenvalue weighted by atomic mass is 16.1. The lowest BCUT2D eigenvalue weighted by molar-refractivity contribution is 0.111. The lowest BCUT2D eigenvalue weighted by Gasteiger charge is -2.29. The molecule has 2 rings (SSSR count). The van der Waals surface area contributed by atoms with Crippen LogP contribution in [0.3, 0.4) is 0 Å². The standard InChI is InChI=1S/C12H18N2O/c1-2-10-3-5-11(6-4-10)14-9-13-7-12(14)8-15/h7-11H,2-6H2,1H3. The van der Waals surface area contributed by atoms with Crippen molar-refractivity contribution in [2.24, 2.45) is 5.92 Å². The van der Waals surface area contributed by atoms with Gasteiger partial charge in [-0.3, -0.25) is 4.79 Å². The largest absolute Gasteiger partial charge is 0.325 e. The number of rotatable bonds is 3. The van der Waals surface area contributed by atoms with Gasteiger partial charge in [0.25, 0.3) is 0 Å². The second-order valence-electron chi connectivity index (χ2n) is 4.43. The highest BCUT2D eigenvalue weighted by molar-refractivity contribution is 5.71. The van der Waals surface area contributed by atoms with Gasteiger partial charge in [-0.25, -0.2) is 4.98 Å². The minimum absolute atomic E-state index is 0.496. The molecule has 0 radical (unpaired) electrons. The predicted molar refractivity (Wildman–Crippen MR) is 58.9 cm³/mol. The van der Waals surface area contributed by atoms with Crippen molar-refractivity contribution >= 4 is 6.29 Å². The molecule has 3 heteroatoms. The van der Waals surface area contributed by atoms with E-state index in [1.165, 1.54) is 32.1 Å². The highest BCUT2D eigenvalue weighted by Gasteiger charge is 2.22. The van der Waals surface area contributed by atoms with Crippen LogP contribution in [0.1, 0.15) is 55.6 Å². The number of hydrogen-bond donors (Lipinski definition) is 0. The van der Waals surface area contributed by atoms with E-state index in [2.05, 4.69) is 11.9 Å². The van der Waals surface area contributed by atoms with Crippen molar-refractivity contribution in [3.63, 3.8) is 0 Å². The molecule has 1 fully saturated rings.